The highest BCUT2D eigenvalue weighted by Crippen LogP contribution is 2.18. The Balaban J connectivity index is 3.02. The van der Waals surface area contributed by atoms with E-state index in [2.05, 4.69) is 19.2 Å². The molecule has 0 fully saturated rings. The molecule has 0 saturated heterocycles. The Morgan fingerprint density at radius 1 is 1.39 bits per heavy atom. The predicted molar refractivity (Wildman–Crippen MR) is 77.2 cm³/mol. The molecule has 1 rings (SSSR count). The molecule has 0 bridgehead atoms. The highest BCUT2D eigenvalue weighted by molar-refractivity contribution is 5.96. The second-order valence-corrected chi connectivity index (χ2v) is 4.63. The number of hydrogen-bond acceptors (Lipinski definition) is 2. The van der Waals surface area contributed by atoms with Crippen LogP contribution in [0.4, 0.5) is 5.69 Å². The summed E-state index contributed by atoms with van der Waals surface area (Å²) in [7, 11) is 1.88. The van der Waals surface area contributed by atoms with Crippen molar-refractivity contribution in [1.29, 1.82) is 0 Å². The van der Waals surface area contributed by atoms with Gasteiger partial charge in [0.25, 0.3) is 5.91 Å². The van der Waals surface area contributed by atoms with E-state index >= 15 is 0 Å². The first-order valence-electron chi connectivity index (χ1n) is 6.64. The molecule has 0 aromatic heterocycles. The van der Waals surface area contributed by atoms with E-state index in [4.69, 9.17) is 0 Å². The fourth-order valence-corrected chi connectivity index (χ4v) is 2.09. The van der Waals surface area contributed by atoms with Crippen LogP contribution in [0.25, 0.3) is 0 Å². The van der Waals surface area contributed by atoms with Gasteiger partial charge in [0, 0.05) is 30.9 Å². The molecule has 0 spiro atoms. The van der Waals surface area contributed by atoms with E-state index in [1.807, 2.05) is 44.0 Å². The Hall–Kier alpha value is -1.51. The van der Waals surface area contributed by atoms with Crippen molar-refractivity contribution < 1.29 is 4.79 Å². The van der Waals surface area contributed by atoms with Crippen LogP contribution in [0.15, 0.2) is 18.2 Å². The van der Waals surface area contributed by atoms with E-state index in [1.54, 1.807) is 0 Å². The van der Waals surface area contributed by atoms with Gasteiger partial charge in [-0.15, -0.1) is 0 Å². The quantitative estimate of drug-likeness (QED) is 0.867. The summed E-state index contributed by atoms with van der Waals surface area (Å²) in [5.41, 5.74) is 2.86. The summed E-state index contributed by atoms with van der Waals surface area (Å²) in [6.07, 6.45) is 0.979. The fourth-order valence-electron chi connectivity index (χ4n) is 2.09. The van der Waals surface area contributed by atoms with Crippen LogP contribution < -0.4 is 5.32 Å². The smallest absolute Gasteiger partial charge is 0.254 e. The van der Waals surface area contributed by atoms with Crippen LogP contribution in [-0.4, -0.2) is 30.4 Å². The number of carbonyl (C=O) groups excluding carboxylic acids is 1. The molecule has 1 unspecified atom stereocenters. The lowest BCUT2D eigenvalue weighted by molar-refractivity contribution is 0.0699. The number of carbonyl (C=O) groups is 1. The largest absolute Gasteiger partial charge is 0.388 e. The molecule has 3 heteroatoms. The summed E-state index contributed by atoms with van der Waals surface area (Å²) < 4.78 is 0. The molecule has 100 valence electrons. The first kappa shape index (κ1) is 14.6. The second kappa shape index (κ2) is 6.43. The predicted octanol–water partition coefficient (Wildman–Crippen LogP) is 3.30. The number of anilines is 1. The molecule has 0 saturated carbocycles. The van der Waals surface area contributed by atoms with Crippen molar-refractivity contribution in [1.82, 2.24) is 4.90 Å². The maximum absolute atomic E-state index is 12.5. The van der Waals surface area contributed by atoms with Crippen molar-refractivity contribution in [3.63, 3.8) is 0 Å². The van der Waals surface area contributed by atoms with Crippen molar-refractivity contribution in [3.8, 4) is 0 Å². The summed E-state index contributed by atoms with van der Waals surface area (Å²) in [4.78, 5) is 14.4. The topological polar surface area (TPSA) is 32.3 Å². The van der Waals surface area contributed by atoms with E-state index in [0.717, 1.165) is 29.8 Å². The highest BCUT2D eigenvalue weighted by atomic mass is 16.2. The van der Waals surface area contributed by atoms with Crippen LogP contribution in [0.5, 0.6) is 0 Å². The average Bonchev–Trinajstić information content (AvgIpc) is 2.38. The average molecular weight is 248 g/mol. The first-order valence-corrected chi connectivity index (χ1v) is 6.64. The van der Waals surface area contributed by atoms with Crippen molar-refractivity contribution >= 4 is 11.6 Å². The van der Waals surface area contributed by atoms with Gasteiger partial charge in [-0.3, -0.25) is 4.79 Å². The van der Waals surface area contributed by atoms with Gasteiger partial charge in [0.2, 0.25) is 0 Å². The molecule has 0 aliphatic heterocycles. The van der Waals surface area contributed by atoms with E-state index in [-0.39, 0.29) is 11.9 Å². The zero-order valence-electron chi connectivity index (χ0n) is 12.1. The number of amides is 1. The molecule has 0 aliphatic rings. The molecule has 3 nitrogen and oxygen atoms in total. The SMILES string of the molecule is CCC(C)N(CC)C(=O)c1ccc(NC)cc1C. The normalized spacial score (nSPS) is 12.1. The van der Waals surface area contributed by atoms with Gasteiger partial charge in [-0.25, -0.2) is 0 Å². The van der Waals surface area contributed by atoms with Crippen LogP contribution in [0.1, 0.15) is 43.1 Å². The first-order chi connectivity index (χ1) is 8.54. The molecule has 1 aromatic rings. The van der Waals surface area contributed by atoms with Crippen molar-refractivity contribution in [2.75, 3.05) is 18.9 Å². The van der Waals surface area contributed by atoms with E-state index in [9.17, 15) is 4.79 Å². The summed E-state index contributed by atoms with van der Waals surface area (Å²) in [5.74, 6) is 0.131. The summed E-state index contributed by atoms with van der Waals surface area (Å²) in [6, 6.07) is 6.16. The molecule has 1 amide bonds. The monoisotopic (exact) mass is 248 g/mol. The lowest BCUT2D eigenvalue weighted by Crippen LogP contribution is -2.38. The van der Waals surface area contributed by atoms with Crippen LogP contribution in [0.3, 0.4) is 0 Å². The molecule has 1 aromatic carbocycles. The number of rotatable bonds is 5. The molecule has 18 heavy (non-hydrogen) atoms. The van der Waals surface area contributed by atoms with E-state index in [1.165, 1.54) is 0 Å². The Morgan fingerprint density at radius 2 is 2.06 bits per heavy atom. The molecule has 1 N–H and O–H groups in total. The highest BCUT2D eigenvalue weighted by Gasteiger charge is 2.20. The second-order valence-electron chi connectivity index (χ2n) is 4.63. The summed E-state index contributed by atoms with van der Waals surface area (Å²) in [5, 5.41) is 3.09. The summed E-state index contributed by atoms with van der Waals surface area (Å²) >= 11 is 0. The fraction of sp³-hybridized carbons (Fsp3) is 0.533. The Labute approximate surface area is 110 Å². The zero-order chi connectivity index (χ0) is 13.7. The number of aryl methyl sites for hydroxylation is 1. The van der Waals surface area contributed by atoms with Crippen LogP contribution >= 0.6 is 0 Å². The van der Waals surface area contributed by atoms with Crippen LogP contribution in [0, 0.1) is 6.92 Å². The lowest BCUT2D eigenvalue weighted by Gasteiger charge is -2.28. The van der Waals surface area contributed by atoms with Gasteiger partial charge in [0.1, 0.15) is 0 Å². The Kier molecular flexibility index (Phi) is 5.20. The number of hydrogen-bond donors (Lipinski definition) is 1. The molecule has 1 atom stereocenters. The van der Waals surface area contributed by atoms with E-state index in [0.29, 0.717) is 0 Å². The van der Waals surface area contributed by atoms with Crippen LogP contribution in [-0.2, 0) is 0 Å². The van der Waals surface area contributed by atoms with Crippen molar-refractivity contribution in [2.45, 2.75) is 40.2 Å². The van der Waals surface area contributed by atoms with Gasteiger partial charge in [-0.2, -0.15) is 0 Å². The third-order valence-corrected chi connectivity index (χ3v) is 3.47. The zero-order valence-corrected chi connectivity index (χ0v) is 12.1. The van der Waals surface area contributed by atoms with Gasteiger partial charge >= 0.3 is 0 Å². The Bertz CT molecular complexity index is 415. The van der Waals surface area contributed by atoms with Gasteiger partial charge in [0.15, 0.2) is 0 Å². The molecular formula is C15H24N2O. The molecule has 0 radical (unpaired) electrons. The number of nitrogens with zero attached hydrogens (tertiary/aromatic N) is 1. The molecular weight excluding hydrogens is 224 g/mol. The third-order valence-electron chi connectivity index (χ3n) is 3.47. The van der Waals surface area contributed by atoms with Crippen molar-refractivity contribution in [3.05, 3.63) is 29.3 Å². The van der Waals surface area contributed by atoms with Gasteiger partial charge in [-0.05, 0) is 51.0 Å². The van der Waals surface area contributed by atoms with E-state index < -0.39 is 0 Å². The molecule has 0 heterocycles. The van der Waals surface area contributed by atoms with Crippen molar-refractivity contribution in [2.24, 2.45) is 0 Å². The standard InChI is InChI=1S/C15H24N2O/c1-6-12(4)17(7-2)15(18)14-9-8-13(16-5)10-11(14)3/h8-10,12,16H,6-7H2,1-5H3. The maximum atomic E-state index is 12.5. The maximum Gasteiger partial charge on any atom is 0.254 e. The lowest BCUT2D eigenvalue weighted by atomic mass is 10.1. The minimum Gasteiger partial charge on any atom is -0.388 e. The van der Waals surface area contributed by atoms with Gasteiger partial charge in [-0.1, -0.05) is 6.92 Å². The Morgan fingerprint density at radius 3 is 2.50 bits per heavy atom. The third kappa shape index (κ3) is 3.03. The van der Waals surface area contributed by atoms with Gasteiger partial charge in [0.05, 0.1) is 0 Å². The van der Waals surface area contributed by atoms with Crippen LogP contribution in [0.2, 0.25) is 0 Å². The minimum absolute atomic E-state index is 0.131. The molecule has 0 aliphatic carbocycles. The number of benzene rings is 1. The van der Waals surface area contributed by atoms with Gasteiger partial charge < -0.3 is 10.2 Å². The minimum atomic E-state index is 0.131. The number of nitrogens with one attached hydrogen (secondary N) is 1. The summed E-state index contributed by atoms with van der Waals surface area (Å²) in [6.45, 7) is 8.97.